The smallest absolute Gasteiger partial charge is 0.744 e. The Labute approximate surface area is 215 Å². The summed E-state index contributed by atoms with van der Waals surface area (Å²) in [5, 5.41) is 30.7. The minimum atomic E-state index is -4.86. The van der Waals surface area contributed by atoms with Gasteiger partial charge in [0.05, 0.1) is 34.7 Å². The molecule has 0 saturated heterocycles. The van der Waals surface area contributed by atoms with Gasteiger partial charge in [-0.05, 0) is 24.3 Å². The van der Waals surface area contributed by atoms with Crippen molar-refractivity contribution < 1.29 is 91.6 Å². The van der Waals surface area contributed by atoms with Crippen LogP contribution in [0.3, 0.4) is 0 Å². The molecule has 15 heteroatoms. The molecule has 2 aromatic rings. The van der Waals surface area contributed by atoms with E-state index < -0.39 is 31.5 Å². The predicted octanol–water partition coefficient (Wildman–Crippen LogP) is -4.99. The molecule has 0 aliphatic carbocycles. The molecule has 0 aliphatic rings. The standard InChI is InChI=1S/C15H14N4O8S.2Na/c1-18(13-6-4-10(28(24,25)26)8-11(13)15(20)21)17-16-12-5-3-9(19(22)23)7-14(12)27-2;;/h3-8H,1-2H3,(H,20,21)(H,24,25,26);;/q;2*+1/p-2. The van der Waals surface area contributed by atoms with Crippen molar-refractivity contribution in [1.29, 1.82) is 0 Å². The van der Waals surface area contributed by atoms with Crippen LogP contribution in [0, 0.1) is 10.1 Å². The van der Waals surface area contributed by atoms with E-state index in [4.69, 9.17) is 4.74 Å². The van der Waals surface area contributed by atoms with Crippen molar-refractivity contribution in [2.24, 2.45) is 10.3 Å². The summed E-state index contributed by atoms with van der Waals surface area (Å²) in [7, 11) is -2.27. The van der Waals surface area contributed by atoms with Crippen LogP contribution >= 0.6 is 0 Å². The summed E-state index contributed by atoms with van der Waals surface area (Å²) < 4.78 is 38.2. The Balaban J connectivity index is 0.00000420. The molecular formula is C15H12N4Na2O8S. The van der Waals surface area contributed by atoms with Gasteiger partial charge in [0.1, 0.15) is 15.8 Å². The van der Waals surface area contributed by atoms with Crippen molar-refractivity contribution >= 4 is 33.1 Å². The summed E-state index contributed by atoms with van der Waals surface area (Å²) in [6.07, 6.45) is 0. The number of benzene rings is 2. The third kappa shape index (κ3) is 6.99. The topological polar surface area (TPSA) is 178 Å². The van der Waals surface area contributed by atoms with E-state index in [9.17, 15) is 33.0 Å². The Morgan fingerprint density at radius 1 is 1.17 bits per heavy atom. The molecule has 12 nitrogen and oxygen atoms in total. The van der Waals surface area contributed by atoms with Gasteiger partial charge in [0.15, 0.2) is 5.75 Å². The molecule has 2 rings (SSSR count). The Bertz CT molecular complexity index is 1080. The van der Waals surface area contributed by atoms with Gasteiger partial charge in [0.2, 0.25) is 0 Å². The van der Waals surface area contributed by atoms with E-state index in [1.807, 2.05) is 0 Å². The fourth-order valence-corrected chi connectivity index (χ4v) is 2.64. The normalized spacial score (nSPS) is 10.6. The molecule has 0 aliphatic heterocycles. The molecule has 0 aromatic heterocycles. The maximum atomic E-state index is 11.3. The van der Waals surface area contributed by atoms with Gasteiger partial charge in [0.25, 0.3) is 5.69 Å². The predicted molar refractivity (Wildman–Crippen MR) is 91.3 cm³/mol. The van der Waals surface area contributed by atoms with Crippen LogP contribution in [0.15, 0.2) is 51.6 Å². The van der Waals surface area contributed by atoms with Gasteiger partial charge in [-0.3, -0.25) is 10.1 Å². The second-order valence-electron chi connectivity index (χ2n) is 5.25. The molecule has 0 heterocycles. The van der Waals surface area contributed by atoms with E-state index in [0.717, 1.165) is 23.2 Å². The average Bonchev–Trinajstić information content (AvgIpc) is 2.64. The van der Waals surface area contributed by atoms with Crippen molar-refractivity contribution in [3.8, 4) is 5.75 Å². The maximum Gasteiger partial charge on any atom is 1.00 e. The third-order valence-corrected chi connectivity index (χ3v) is 4.32. The van der Waals surface area contributed by atoms with Crippen molar-refractivity contribution in [1.82, 2.24) is 0 Å². The van der Waals surface area contributed by atoms with E-state index in [-0.39, 0.29) is 81.9 Å². The third-order valence-electron chi connectivity index (χ3n) is 3.49. The van der Waals surface area contributed by atoms with Gasteiger partial charge in [-0.1, -0.05) is 5.22 Å². The zero-order valence-corrected chi connectivity index (χ0v) is 21.2. The first-order chi connectivity index (χ1) is 13.0. The molecule has 0 saturated carbocycles. The average molecular weight is 454 g/mol. The molecule has 0 unspecified atom stereocenters. The van der Waals surface area contributed by atoms with Gasteiger partial charge < -0.3 is 19.2 Å². The second-order valence-corrected chi connectivity index (χ2v) is 6.63. The fraction of sp³-hybridized carbons (Fsp3) is 0.133. The zero-order chi connectivity index (χ0) is 21.1. The minimum Gasteiger partial charge on any atom is -0.744 e. The van der Waals surface area contributed by atoms with Gasteiger partial charge in [0, 0.05) is 18.7 Å². The number of aromatic carboxylic acids is 1. The first kappa shape index (κ1) is 28.4. The zero-order valence-electron chi connectivity index (χ0n) is 16.4. The molecule has 0 spiro atoms. The molecule has 30 heavy (non-hydrogen) atoms. The monoisotopic (exact) mass is 454 g/mol. The van der Waals surface area contributed by atoms with Gasteiger partial charge in [-0.2, -0.15) is 0 Å². The Hall–Kier alpha value is -1.58. The van der Waals surface area contributed by atoms with E-state index in [1.165, 1.54) is 26.3 Å². The van der Waals surface area contributed by atoms with Gasteiger partial charge in [-0.15, -0.1) is 5.11 Å². The first-order valence-electron chi connectivity index (χ1n) is 7.33. The number of carboxylic acids is 1. The minimum absolute atomic E-state index is 0. The Kier molecular flexibility index (Phi) is 11.1. The van der Waals surface area contributed by atoms with Gasteiger partial charge in [-0.25, -0.2) is 13.4 Å². The SMILES string of the molecule is COc1cc([N+](=O)[O-])ccc1N=NN(C)c1ccc(S(=O)(=O)[O-])cc1C(=O)[O-].[Na+].[Na+]. The van der Waals surface area contributed by atoms with Crippen LogP contribution in [0.1, 0.15) is 10.4 Å². The van der Waals surface area contributed by atoms with E-state index in [1.54, 1.807) is 0 Å². The molecule has 0 N–H and O–H groups in total. The number of carboxylic acid groups (broad SMARTS) is 1. The largest absolute Gasteiger partial charge is 1.00 e. The molecule has 0 bridgehead atoms. The molecule has 0 fully saturated rings. The molecule has 148 valence electrons. The van der Waals surface area contributed by atoms with Crippen molar-refractivity contribution in [2.75, 3.05) is 19.2 Å². The Morgan fingerprint density at radius 3 is 2.30 bits per heavy atom. The van der Waals surface area contributed by atoms with E-state index in [0.29, 0.717) is 6.07 Å². The summed E-state index contributed by atoms with van der Waals surface area (Å²) >= 11 is 0. The second kappa shape index (κ2) is 11.7. The number of methoxy groups -OCH3 is 1. The number of rotatable bonds is 7. The maximum absolute atomic E-state index is 11.3. The number of non-ortho nitro benzene ring substituents is 1. The molecule has 0 amide bonds. The number of ether oxygens (including phenoxy) is 1. The van der Waals surface area contributed by atoms with E-state index in [2.05, 4.69) is 10.3 Å². The summed E-state index contributed by atoms with van der Waals surface area (Å²) in [6, 6.07) is 6.23. The quantitative estimate of drug-likeness (QED) is 0.130. The summed E-state index contributed by atoms with van der Waals surface area (Å²) in [5.74, 6) is -1.67. The van der Waals surface area contributed by atoms with Crippen molar-refractivity contribution in [3.63, 3.8) is 0 Å². The fourth-order valence-electron chi connectivity index (χ4n) is 2.14. The number of carbonyl (C=O) groups is 1. The van der Waals surface area contributed by atoms with Crippen LogP contribution in [0.5, 0.6) is 5.75 Å². The summed E-state index contributed by atoms with van der Waals surface area (Å²) in [4.78, 5) is 20.7. The van der Waals surface area contributed by atoms with Crippen LogP contribution in [0.4, 0.5) is 17.1 Å². The Morgan fingerprint density at radius 2 is 1.80 bits per heavy atom. The van der Waals surface area contributed by atoms with Crippen LogP contribution in [0.25, 0.3) is 0 Å². The molecule has 0 radical (unpaired) electrons. The number of nitro benzene ring substituents is 1. The molecule has 0 atom stereocenters. The molecular weight excluding hydrogens is 442 g/mol. The number of nitrogens with zero attached hydrogens (tertiary/aromatic N) is 4. The number of nitro groups is 1. The number of carbonyl (C=O) groups excluding carboxylic acids is 1. The van der Waals surface area contributed by atoms with Crippen LogP contribution in [-0.2, 0) is 10.1 Å². The number of hydrogen-bond acceptors (Lipinski definition) is 10. The number of hydrogen-bond donors (Lipinski definition) is 0. The van der Waals surface area contributed by atoms with Gasteiger partial charge >= 0.3 is 59.1 Å². The summed E-state index contributed by atoms with van der Waals surface area (Å²) in [6.45, 7) is 0. The molecule has 2 aromatic carbocycles. The van der Waals surface area contributed by atoms with Crippen LogP contribution in [0.2, 0.25) is 0 Å². The van der Waals surface area contributed by atoms with Crippen molar-refractivity contribution in [2.45, 2.75) is 4.90 Å². The summed E-state index contributed by atoms with van der Waals surface area (Å²) in [5.41, 5.74) is -0.794. The van der Waals surface area contributed by atoms with Crippen LogP contribution < -0.4 is 74.0 Å². The van der Waals surface area contributed by atoms with Crippen LogP contribution in [-0.4, -0.2) is 38.0 Å². The first-order valence-corrected chi connectivity index (χ1v) is 8.74. The van der Waals surface area contributed by atoms with Crippen molar-refractivity contribution in [3.05, 3.63) is 52.1 Å². The number of anilines is 1. The van der Waals surface area contributed by atoms with E-state index >= 15 is 0 Å².